The van der Waals surface area contributed by atoms with Gasteiger partial charge in [-0.1, -0.05) is 12.1 Å². The van der Waals surface area contributed by atoms with Crippen LogP contribution in [0, 0.1) is 17.7 Å². The van der Waals surface area contributed by atoms with Crippen LogP contribution >= 0.6 is 15.9 Å². The fourth-order valence-electron chi connectivity index (χ4n) is 2.99. The van der Waals surface area contributed by atoms with Crippen LogP contribution in [0.25, 0.3) is 0 Å². The zero-order valence-electron chi connectivity index (χ0n) is 9.63. The molecule has 2 fully saturated rings. The van der Waals surface area contributed by atoms with Gasteiger partial charge >= 0.3 is 0 Å². The quantitative estimate of drug-likeness (QED) is 0.901. The molecule has 0 saturated carbocycles. The molecule has 0 radical (unpaired) electrons. The van der Waals surface area contributed by atoms with Gasteiger partial charge in [-0.3, -0.25) is 4.90 Å². The highest BCUT2D eigenvalue weighted by atomic mass is 79.9. The summed E-state index contributed by atoms with van der Waals surface area (Å²) in [5.41, 5.74) is 1.05. The van der Waals surface area contributed by atoms with E-state index in [4.69, 9.17) is 0 Å². The maximum Gasteiger partial charge on any atom is 0.137 e. The highest BCUT2D eigenvalue weighted by molar-refractivity contribution is 9.10. The van der Waals surface area contributed by atoms with Gasteiger partial charge in [-0.25, -0.2) is 4.39 Å². The largest absolute Gasteiger partial charge is 0.316 e. The first-order chi connectivity index (χ1) is 8.24. The van der Waals surface area contributed by atoms with E-state index >= 15 is 0 Å². The summed E-state index contributed by atoms with van der Waals surface area (Å²) in [6, 6.07) is 5.28. The van der Waals surface area contributed by atoms with E-state index in [1.165, 1.54) is 6.07 Å². The van der Waals surface area contributed by atoms with Crippen molar-refractivity contribution < 1.29 is 4.39 Å². The molecule has 3 rings (SSSR count). The van der Waals surface area contributed by atoms with Gasteiger partial charge in [0.25, 0.3) is 0 Å². The average molecular weight is 299 g/mol. The van der Waals surface area contributed by atoms with E-state index in [0.717, 1.165) is 50.1 Å². The van der Waals surface area contributed by atoms with Gasteiger partial charge in [-0.05, 0) is 52.5 Å². The van der Waals surface area contributed by atoms with E-state index < -0.39 is 0 Å². The summed E-state index contributed by atoms with van der Waals surface area (Å²) in [7, 11) is 0. The molecule has 17 heavy (non-hydrogen) atoms. The monoisotopic (exact) mass is 298 g/mol. The van der Waals surface area contributed by atoms with E-state index in [1.807, 2.05) is 6.07 Å². The predicted molar refractivity (Wildman–Crippen MR) is 69.2 cm³/mol. The lowest BCUT2D eigenvalue weighted by Crippen LogP contribution is -2.25. The third-order valence-corrected chi connectivity index (χ3v) is 4.78. The van der Waals surface area contributed by atoms with Crippen molar-refractivity contribution in [3.63, 3.8) is 0 Å². The van der Waals surface area contributed by atoms with Crippen molar-refractivity contribution in [2.24, 2.45) is 11.8 Å². The van der Waals surface area contributed by atoms with Gasteiger partial charge in [0.15, 0.2) is 0 Å². The number of benzene rings is 1. The third kappa shape index (κ3) is 2.26. The van der Waals surface area contributed by atoms with Gasteiger partial charge in [-0.2, -0.15) is 0 Å². The summed E-state index contributed by atoms with van der Waals surface area (Å²) in [6.45, 7) is 5.42. The van der Waals surface area contributed by atoms with E-state index in [-0.39, 0.29) is 5.82 Å². The molecule has 2 atom stereocenters. The molecule has 1 aromatic rings. The van der Waals surface area contributed by atoms with Crippen molar-refractivity contribution in [3.8, 4) is 0 Å². The van der Waals surface area contributed by atoms with Crippen LogP contribution < -0.4 is 5.32 Å². The Bertz CT molecular complexity index is 412. The number of hydrogen-bond donors (Lipinski definition) is 1. The highest BCUT2D eigenvalue weighted by Gasteiger charge is 2.35. The summed E-state index contributed by atoms with van der Waals surface area (Å²) in [4.78, 5) is 2.44. The van der Waals surface area contributed by atoms with E-state index in [0.29, 0.717) is 4.47 Å². The molecule has 2 saturated heterocycles. The molecule has 0 aromatic heterocycles. The molecule has 1 N–H and O–H groups in total. The molecule has 0 unspecified atom stereocenters. The fraction of sp³-hybridized carbons (Fsp3) is 0.538. The number of nitrogens with zero attached hydrogens (tertiary/aromatic N) is 1. The Morgan fingerprint density at radius 3 is 2.71 bits per heavy atom. The SMILES string of the molecule is Fc1cccc(CN2C[C@H]3CNC[C@H]3C2)c1Br. The Morgan fingerprint density at radius 1 is 1.29 bits per heavy atom. The maximum absolute atomic E-state index is 13.4. The zero-order chi connectivity index (χ0) is 11.8. The normalized spacial score (nSPS) is 28.6. The first-order valence-electron chi connectivity index (χ1n) is 6.10. The second-order valence-corrected chi connectivity index (χ2v) is 5.88. The number of hydrogen-bond acceptors (Lipinski definition) is 2. The molecule has 0 spiro atoms. The van der Waals surface area contributed by atoms with Gasteiger partial charge in [0.2, 0.25) is 0 Å². The summed E-state index contributed by atoms with van der Waals surface area (Å²) in [5, 5.41) is 3.43. The van der Waals surface area contributed by atoms with Crippen LogP contribution in [-0.2, 0) is 6.54 Å². The smallest absolute Gasteiger partial charge is 0.137 e. The number of likely N-dealkylation sites (tertiary alicyclic amines) is 1. The van der Waals surface area contributed by atoms with Gasteiger partial charge in [0, 0.05) is 19.6 Å². The summed E-state index contributed by atoms with van der Waals surface area (Å²) < 4.78 is 14.0. The highest BCUT2D eigenvalue weighted by Crippen LogP contribution is 2.29. The van der Waals surface area contributed by atoms with Crippen molar-refractivity contribution in [1.29, 1.82) is 0 Å². The summed E-state index contributed by atoms with van der Waals surface area (Å²) >= 11 is 3.33. The molecule has 2 aliphatic heterocycles. The second-order valence-electron chi connectivity index (χ2n) is 5.09. The Kier molecular flexibility index (Phi) is 3.19. The summed E-state index contributed by atoms with van der Waals surface area (Å²) in [5.74, 6) is 1.42. The minimum Gasteiger partial charge on any atom is -0.316 e. The molecule has 2 nitrogen and oxygen atoms in total. The van der Waals surface area contributed by atoms with Crippen LogP contribution in [-0.4, -0.2) is 31.1 Å². The predicted octanol–water partition coefficient (Wildman–Crippen LogP) is 2.24. The second kappa shape index (κ2) is 4.67. The minimum absolute atomic E-state index is 0.163. The number of fused-ring (bicyclic) bond motifs is 1. The van der Waals surface area contributed by atoms with Gasteiger partial charge in [0.05, 0.1) is 4.47 Å². The number of nitrogens with one attached hydrogen (secondary N) is 1. The number of halogens is 2. The number of rotatable bonds is 2. The van der Waals surface area contributed by atoms with E-state index in [2.05, 4.69) is 26.1 Å². The fourth-order valence-corrected chi connectivity index (χ4v) is 3.38. The average Bonchev–Trinajstić information content (AvgIpc) is 2.85. The molecule has 2 heterocycles. The lowest BCUT2D eigenvalue weighted by molar-refractivity contribution is 0.304. The van der Waals surface area contributed by atoms with Crippen LogP contribution in [0.5, 0.6) is 0 Å². The Hall–Kier alpha value is -0.450. The molecule has 4 heteroatoms. The Balaban J connectivity index is 1.70. The standard InChI is InChI=1S/C13H16BrFN2/c14-13-9(2-1-3-12(13)15)6-17-7-10-4-16-5-11(10)8-17/h1-3,10-11,16H,4-8H2/t10-,11+. The van der Waals surface area contributed by atoms with Crippen molar-refractivity contribution >= 4 is 15.9 Å². The first-order valence-corrected chi connectivity index (χ1v) is 6.89. The molecule has 2 aliphatic rings. The van der Waals surface area contributed by atoms with Gasteiger partial charge < -0.3 is 5.32 Å². The lowest BCUT2D eigenvalue weighted by atomic mass is 10.0. The van der Waals surface area contributed by atoms with Gasteiger partial charge in [0.1, 0.15) is 5.82 Å². The van der Waals surface area contributed by atoms with Crippen LogP contribution in [0.2, 0.25) is 0 Å². The van der Waals surface area contributed by atoms with Crippen LogP contribution in [0.15, 0.2) is 22.7 Å². The maximum atomic E-state index is 13.4. The zero-order valence-corrected chi connectivity index (χ0v) is 11.2. The van der Waals surface area contributed by atoms with Crippen LogP contribution in [0.3, 0.4) is 0 Å². The van der Waals surface area contributed by atoms with Crippen molar-refractivity contribution in [2.75, 3.05) is 26.2 Å². The molecule has 1 aromatic carbocycles. The molecular weight excluding hydrogens is 283 g/mol. The lowest BCUT2D eigenvalue weighted by Gasteiger charge is -2.18. The Morgan fingerprint density at radius 2 is 2.00 bits per heavy atom. The van der Waals surface area contributed by atoms with Crippen molar-refractivity contribution in [2.45, 2.75) is 6.54 Å². The first kappa shape index (κ1) is 11.6. The summed E-state index contributed by atoms with van der Waals surface area (Å²) in [6.07, 6.45) is 0. The van der Waals surface area contributed by atoms with Crippen molar-refractivity contribution in [1.82, 2.24) is 10.2 Å². The van der Waals surface area contributed by atoms with Crippen LogP contribution in [0.1, 0.15) is 5.56 Å². The van der Waals surface area contributed by atoms with Crippen molar-refractivity contribution in [3.05, 3.63) is 34.1 Å². The Labute approximate surface area is 109 Å². The molecule has 0 bridgehead atoms. The van der Waals surface area contributed by atoms with E-state index in [9.17, 15) is 4.39 Å². The van der Waals surface area contributed by atoms with Crippen LogP contribution in [0.4, 0.5) is 4.39 Å². The molecule has 92 valence electrons. The minimum atomic E-state index is -0.163. The molecule has 0 aliphatic carbocycles. The topological polar surface area (TPSA) is 15.3 Å². The van der Waals surface area contributed by atoms with E-state index in [1.54, 1.807) is 6.07 Å². The molecule has 0 amide bonds. The van der Waals surface area contributed by atoms with Gasteiger partial charge in [-0.15, -0.1) is 0 Å². The molecular formula is C13H16BrFN2. The third-order valence-electron chi connectivity index (χ3n) is 3.89.